The van der Waals surface area contributed by atoms with Crippen LogP contribution in [0.1, 0.15) is 27.6 Å². The molecule has 0 bridgehead atoms. The first kappa shape index (κ1) is 16.9. The number of carbonyl (C=O) groups is 1. The third kappa shape index (κ3) is 4.06. The van der Waals surface area contributed by atoms with E-state index in [1.807, 2.05) is 0 Å². The van der Waals surface area contributed by atoms with Gasteiger partial charge in [-0.15, -0.1) is 0 Å². The van der Waals surface area contributed by atoms with E-state index >= 15 is 0 Å². The highest BCUT2D eigenvalue weighted by molar-refractivity contribution is 6.31. The van der Waals surface area contributed by atoms with Crippen LogP contribution in [0.4, 0.5) is 5.69 Å². The summed E-state index contributed by atoms with van der Waals surface area (Å²) in [5, 5.41) is 23.9. The fourth-order valence-corrected chi connectivity index (χ4v) is 2.36. The molecule has 23 heavy (non-hydrogen) atoms. The van der Waals surface area contributed by atoms with Crippen LogP contribution in [0.2, 0.25) is 5.02 Å². The molecule has 0 aromatic heterocycles. The van der Waals surface area contributed by atoms with Gasteiger partial charge in [0.2, 0.25) is 0 Å². The number of hydrogen-bond donors (Lipinski definition) is 2. The van der Waals surface area contributed by atoms with Crippen LogP contribution in [0.25, 0.3) is 0 Å². The monoisotopic (exact) mass is 334 g/mol. The molecule has 0 aliphatic rings. The number of rotatable bonds is 5. The molecule has 120 valence electrons. The molecule has 1 amide bonds. The van der Waals surface area contributed by atoms with Crippen molar-refractivity contribution in [3.63, 3.8) is 0 Å². The minimum absolute atomic E-state index is 0.0513. The van der Waals surface area contributed by atoms with Gasteiger partial charge in [0.05, 0.1) is 11.0 Å². The van der Waals surface area contributed by atoms with Gasteiger partial charge in [-0.3, -0.25) is 14.9 Å². The minimum Gasteiger partial charge on any atom is -0.387 e. The van der Waals surface area contributed by atoms with Crippen LogP contribution in [0.3, 0.4) is 0 Å². The smallest absolute Gasteiger partial charge is 0.273 e. The highest BCUT2D eigenvalue weighted by atomic mass is 35.5. The van der Waals surface area contributed by atoms with Crippen molar-refractivity contribution in [2.24, 2.45) is 0 Å². The zero-order chi connectivity index (χ0) is 17.0. The van der Waals surface area contributed by atoms with E-state index in [0.717, 1.165) is 0 Å². The van der Waals surface area contributed by atoms with E-state index in [9.17, 15) is 20.0 Å². The molecule has 0 heterocycles. The molecule has 2 aromatic carbocycles. The number of hydrogen-bond acceptors (Lipinski definition) is 4. The Labute approximate surface area is 137 Å². The molecule has 2 aromatic rings. The number of halogens is 1. The normalized spacial score (nSPS) is 11.8. The fraction of sp³-hybridized carbons (Fsp3) is 0.188. The van der Waals surface area contributed by atoms with E-state index in [1.165, 1.54) is 18.2 Å². The number of nitro benzene ring substituents is 1. The molecular formula is C16H15ClN2O4. The van der Waals surface area contributed by atoms with Gasteiger partial charge >= 0.3 is 0 Å². The van der Waals surface area contributed by atoms with Gasteiger partial charge in [0.25, 0.3) is 11.6 Å². The first-order chi connectivity index (χ1) is 10.9. The van der Waals surface area contributed by atoms with Gasteiger partial charge in [0.15, 0.2) is 0 Å². The summed E-state index contributed by atoms with van der Waals surface area (Å²) < 4.78 is 0. The maximum atomic E-state index is 12.1. The van der Waals surface area contributed by atoms with Crippen molar-refractivity contribution >= 4 is 23.2 Å². The van der Waals surface area contributed by atoms with E-state index in [4.69, 9.17) is 11.6 Å². The summed E-state index contributed by atoms with van der Waals surface area (Å²) >= 11 is 5.98. The fourth-order valence-electron chi connectivity index (χ4n) is 2.09. The molecule has 6 nitrogen and oxygen atoms in total. The van der Waals surface area contributed by atoms with Gasteiger partial charge in [0.1, 0.15) is 0 Å². The number of nitrogens with zero attached hydrogens (tertiary/aromatic N) is 1. The number of aliphatic hydroxyl groups is 1. The summed E-state index contributed by atoms with van der Waals surface area (Å²) in [6, 6.07) is 11.0. The lowest BCUT2D eigenvalue weighted by atomic mass is 10.1. The molecule has 0 fully saturated rings. The third-order valence-electron chi connectivity index (χ3n) is 3.39. The van der Waals surface area contributed by atoms with Gasteiger partial charge in [-0.2, -0.15) is 0 Å². The average molecular weight is 335 g/mol. The van der Waals surface area contributed by atoms with Crippen molar-refractivity contribution in [2.75, 3.05) is 6.54 Å². The zero-order valence-corrected chi connectivity index (χ0v) is 13.1. The summed E-state index contributed by atoms with van der Waals surface area (Å²) in [4.78, 5) is 22.4. The third-order valence-corrected chi connectivity index (χ3v) is 3.73. The van der Waals surface area contributed by atoms with Crippen molar-refractivity contribution in [1.29, 1.82) is 0 Å². The number of aryl methyl sites for hydroxylation is 1. The largest absolute Gasteiger partial charge is 0.387 e. The summed E-state index contributed by atoms with van der Waals surface area (Å²) in [5.74, 6) is -0.501. The molecule has 1 atom stereocenters. The Morgan fingerprint density at radius 2 is 2.04 bits per heavy atom. The maximum absolute atomic E-state index is 12.1. The SMILES string of the molecule is Cc1ccc(C(=O)NCC(O)c2ccccc2Cl)cc1[N+](=O)[O-]. The number of carbonyl (C=O) groups excluding carboxylic acids is 1. The molecule has 0 aliphatic carbocycles. The van der Waals surface area contributed by atoms with Gasteiger partial charge in [-0.25, -0.2) is 0 Å². The lowest BCUT2D eigenvalue weighted by Gasteiger charge is -2.13. The van der Waals surface area contributed by atoms with Gasteiger partial charge in [-0.05, 0) is 19.1 Å². The van der Waals surface area contributed by atoms with Crippen LogP contribution in [0, 0.1) is 17.0 Å². The topological polar surface area (TPSA) is 92.5 Å². The molecule has 2 rings (SSSR count). The molecule has 0 radical (unpaired) electrons. The van der Waals surface area contributed by atoms with Crippen LogP contribution >= 0.6 is 11.6 Å². The summed E-state index contributed by atoms with van der Waals surface area (Å²) in [5.41, 5.74) is 1.02. The standard InChI is InChI=1S/C16H15ClN2O4/c1-10-6-7-11(8-14(10)19(22)23)16(21)18-9-15(20)12-4-2-3-5-13(12)17/h2-8,15,20H,9H2,1H3,(H,18,21). The summed E-state index contributed by atoms with van der Waals surface area (Å²) in [6.45, 7) is 1.55. The predicted octanol–water partition coefficient (Wildman–Crippen LogP) is 3.02. The van der Waals surface area contributed by atoms with Crippen molar-refractivity contribution in [3.05, 3.63) is 74.3 Å². The Morgan fingerprint density at radius 3 is 2.70 bits per heavy atom. The Hall–Kier alpha value is -2.44. The van der Waals surface area contributed by atoms with Crippen LogP contribution in [-0.4, -0.2) is 22.5 Å². The number of amides is 1. The molecule has 0 saturated heterocycles. The summed E-state index contributed by atoms with van der Waals surface area (Å²) in [6.07, 6.45) is -0.965. The van der Waals surface area contributed by atoms with Crippen LogP contribution < -0.4 is 5.32 Å². The highest BCUT2D eigenvalue weighted by Crippen LogP contribution is 2.22. The Kier molecular flexibility index (Phi) is 5.31. The number of aliphatic hydroxyl groups excluding tert-OH is 1. The van der Waals surface area contributed by atoms with Crippen LogP contribution in [0.5, 0.6) is 0 Å². The molecule has 1 unspecified atom stereocenters. The van der Waals surface area contributed by atoms with Crippen LogP contribution in [-0.2, 0) is 0 Å². The number of nitro groups is 1. The minimum atomic E-state index is -0.965. The van der Waals surface area contributed by atoms with Crippen molar-refractivity contribution in [3.8, 4) is 0 Å². The van der Waals surface area contributed by atoms with E-state index in [1.54, 1.807) is 31.2 Å². The number of benzene rings is 2. The van der Waals surface area contributed by atoms with E-state index in [-0.39, 0.29) is 17.8 Å². The molecule has 2 N–H and O–H groups in total. The quantitative estimate of drug-likeness (QED) is 0.649. The van der Waals surface area contributed by atoms with Crippen molar-refractivity contribution in [2.45, 2.75) is 13.0 Å². The Morgan fingerprint density at radius 1 is 1.35 bits per heavy atom. The van der Waals surface area contributed by atoms with E-state index in [2.05, 4.69) is 5.32 Å². The highest BCUT2D eigenvalue weighted by Gasteiger charge is 2.17. The Balaban J connectivity index is 2.07. The average Bonchev–Trinajstić information content (AvgIpc) is 2.52. The first-order valence-electron chi connectivity index (χ1n) is 6.86. The predicted molar refractivity (Wildman–Crippen MR) is 86.6 cm³/mol. The molecule has 7 heteroatoms. The van der Waals surface area contributed by atoms with Crippen molar-refractivity contribution < 1.29 is 14.8 Å². The molecule has 0 saturated carbocycles. The zero-order valence-electron chi connectivity index (χ0n) is 12.3. The number of nitrogens with one attached hydrogen (secondary N) is 1. The van der Waals surface area contributed by atoms with E-state index < -0.39 is 16.9 Å². The van der Waals surface area contributed by atoms with Gasteiger partial charge in [0, 0.05) is 34.3 Å². The van der Waals surface area contributed by atoms with E-state index in [0.29, 0.717) is 16.1 Å². The lowest BCUT2D eigenvalue weighted by molar-refractivity contribution is -0.385. The lowest BCUT2D eigenvalue weighted by Crippen LogP contribution is -2.28. The van der Waals surface area contributed by atoms with Gasteiger partial charge in [-0.1, -0.05) is 35.9 Å². The molecular weight excluding hydrogens is 320 g/mol. The summed E-state index contributed by atoms with van der Waals surface area (Å²) in [7, 11) is 0. The second-order valence-electron chi connectivity index (χ2n) is 5.01. The first-order valence-corrected chi connectivity index (χ1v) is 7.23. The van der Waals surface area contributed by atoms with Gasteiger partial charge < -0.3 is 10.4 Å². The second kappa shape index (κ2) is 7.21. The second-order valence-corrected chi connectivity index (χ2v) is 5.41. The van der Waals surface area contributed by atoms with Crippen molar-refractivity contribution in [1.82, 2.24) is 5.32 Å². The van der Waals surface area contributed by atoms with Crippen LogP contribution in [0.15, 0.2) is 42.5 Å². The Bertz CT molecular complexity index is 749. The maximum Gasteiger partial charge on any atom is 0.273 e. The molecule has 0 aliphatic heterocycles. The molecule has 0 spiro atoms.